The fourth-order valence-corrected chi connectivity index (χ4v) is 8.69. The molecule has 0 atom stereocenters. The first-order valence-corrected chi connectivity index (χ1v) is 16.8. The number of fused-ring (bicyclic) bond motifs is 14. The van der Waals surface area contributed by atoms with E-state index in [2.05, 4.69) is 168 Å². The van der Waals surface area contributed by atoms with Gasteiger partial charge in [0.05, 0.1) is 11.0 Å². The average molecular weight is 608 g/mol. The molecule has 0 aliphatic heterocycles. The summed E-state index contributed by atoms with van der Waals surface area (Å²) in [6, 6.07) is 60.9. The van der Waals surface area contributed by atoms with Gasteiger partial charge in [-0.15, -0.1) is 0 Å². The monoisotopic (exact) mass is 607 g/mol. The van der Waals surface area contributed by atoms with Gasteiger partial charge in [-0.05, 0) is 113 Å². The number of nitrogens with zero attached hydrogens (tertiary/aromatic N) is 1. The van der Waals surface area contributed by atoms with Crippen LogP contribution < -0.4 is 0 Å². The zero-order chi connectivity index (χ0) is 31.3. The SMILES string of the molecule is c1cc(-c2ccc3c4ccccc4c4ccccc4c3c2)c2c(c1)-c1cc(-n3c4ccccc4c4c5ccccc5ccc43)ccc1C2. The molecule has 1 aliphatic carbocycles. The first-order valence-electron chi connectivity index (χ1n) is 16.8. The second kappa shape index (κ2) is 9.67. The molecule has 11 rings (SSSR count). The fraction of sp³-hybridized carbons (Fsp3) is 0.0213. The largest absolute Gasteiger partial charge is 0.309 e. The van der Waals surface area contributed by atoms with Crippen LogP contribution in [0.1, 0.15) is 11.1 Å². The Morgan fingerprint density at radius 1 is 0.375 bits per heavy atom. The van der Waals surface area contributed by atoms with Gasteiger partial charge in [0.25, 0.3) is 0 Å². The number of aromatic nitrogens is 1. The second-order valence-corrected chi connectivity index (χ2v) is 13.2. The van der Waals surface area contributed by atoms with E-state index in [1.165, 1.54) is 104 Å². The van der Waals surface area contributed by atoms with Gasteiger partial charge >= 0.3 is 0 Å². The number of hydrogen-bond acceptors (Lipinski definition) is 0. The van der Waals surface area contributed by atoms with Crippen molar-refractivity contribution in [2.45, 2.75) is 6.42 Å². The van der Waals surface area contributed by atoms with Crippen molar-refractivity contribution in [3.05, 3.63) is 175 Å². The van der Waals surface area contributed by atoms with Gasteiger partial charge < -0.3 is 4.57 Å². The van der Waals surface area contributed by atoms with Crippen LogP contribution in [0.4, 0.5) is 0 Å². The quantitative estimate of drug-likeness (QED) is 0.172. The van der Waals surface area contributed by atoms with E-state index in [-0.39, 0.29) is 0 Å². The second-order valence-electron chi connectivity index (χ2n) is 13.2. The summed E-state index contributed by atoms with van der Waals surface area (Å²) >= 11 is 0. The van der Waals surface area contributed by atoms with E-state index in [1.807, 2.05) is 0 Å². The number of benzene rings is 9. The van der Waals surface area contributed by atoms with E-state index in [0.717, 1.165) is 6.42 Å². The number of hydrogen-bond donors (Lipinski definition) is 0. The van der Waals surface area contributed by atoms with Gasteiger partial charge in [0.1, 0.15) is 0 Å². The molecule has 9 aromatic carbocycles. The molecule has 0 amide bonds. The summed E-state index contributed by atoms with van der Waals surface area (Å²) in [6.45, 7) is 0. The van der Waals surface area contributed by atoms with Gasteiger partial charge in [-0.2, -0.15) is 0 Å². The molecule has 0 saturated carbocycles. The van der Waals surface area contributed by atoms with Crippen molar-refractivity contribution in [1.29, 1.82) is 0 Å². The zero-order valence-electron chi connectivity index (χ0n) is 26.2. The topological polar surface area (TPSA) is 4.93 Å². The van der Waals surface area contributed by atoms with Gasteiger partial charge in [-0.1, -0.05) is 133 Å². The van der Waals surface area contributed by atoms with Gasteiger partial charge in [0.15, 0.2) is 0 Å². The van der Waals surface area contributed by atoms with Crippen molar-refractivity contribution in [3.63, 3.8) is 0 Å². The lowest BCUT2D eigenvalue weighted by molar-refractivity contribution is 1.17. The Balaban J connectivity index is 1.10. The molecule has 0 N–H and O–H groups in total. The van der Waals surface area contributed by atoms with E-state index < -0.39 is 0 Å². The van der Waals surface area contributed by atoms with Crippen LogP contribution in [0.15, 0.2) is 164 Å². The Kier molecular flexibility index (Phi) is 5.23. The number of para-hydroxylation sites is 1. The molecule has 1 heterocycles. The highest BCUT2D eigenvalue weighted by Gasteiger charge is 2.24. The van der Waals surface area contributed by atoms with E-state index in [9.17, 15) is 0 Å². The van der Waals surface area contributed by atoms with Gasteiger partial charge in [0, 0.05) is 16.5 Å². The minimum absolute atomic E-state index is 0.940. The molecular formula is C47H29N. The van der Waals surface area contributed by atoms with Crippen LogP contribution in [-0.2, 0) is 6.42 Å². The van der Waals surface area contributed by atoms with Crippen molar-refractivity contribution < 1.29 is 0 Å². The Morgan fingerprint density at radius 2 is 1.02 bits per heavy atom. The van der Waals surface area contributed by atoms with Crippen LogP contribution in [-0.4, -0.2) is 4.57 Å². The van der Waals surface area contributed by atoms with Crippen LogP contribution >= 0.6 is 0 Å². The lowest BCUT2D eigenvalue weighted by atomic mass is 9.90. The molecule has 0 fully saturated rings. The molecular weight excluding hydrogens is 579 g/mol. The standard InChI is InChI=1S/C47H29N/c1-2-11-34-29(10-1)22-25-46-47(34)41-16-7-8-19-45(41)48(46)32-23-20-31-27-43-33(17-9-18-39(43)42(31)28-32)30-21-24-40-37-14-4-3-12-35(37)36-13-5-6-15-38(36)44(40)26-30/h1-26,28H,27H2. The maximum atomic E-state index is 2.46. The molecule has 48 heavy (non-hydrogen) atoms. The molecule has 10 aromatic rings. The first kappa shape index (κ1) is 25.9. The van der Waals surface area contributed by atoms with Crippen LogP contribution in [0.2, 0.25) is 0 Å². The van der Waals surface area contributed by atoms with E-state index in [4.69, 9.17) is 0 Å². The Bertz CT molecular complexity index is 2940. The van der Waals surface area contributed by atoms with E-state index in [1.54, 1.807) is 0 Å². The predicted molar refractivity (Wildman–Crippen MR) is 204 cm³/mol. The predicted octanol–water partition coefficient (Wildman–Crippen LogP) is 12.6. The van der Waals surface area contributed by atoms with E-state index in [0.29, 0.717) is 0 Å². The Labute approximate surface area is 277 Å². The van der Waals surface area contributed by atoms with Crippen LogP contribution in [0.25, 0.3) is 92.8 Å². The molecule has 1 aromatic heterocycles. The van der Waals surface area contributed by atoms with Gasteiger partial charge in [-0.3, -0.25) is 0 Å². The lowest BCUT2D eigenvalue weighted by Gasteiger charge is -2.14. The minimum Gasteiger partial charge on any atom is -0.309 e. The van der Waals surface area contributed by atoms with Gasteiger partial charge in [0.2, 0.25) is 0 Å². The maximum absolute atomic E-state index is 2.46. The Hall–Kier alpha value is -6.18. The van der Waals surface area contributed by atoms with Crippen molar-refractivity contribution in [2.24, 2.45) is 0 Å². The first-order chi connectivity index (χ1) is 23.8. The third kappa shape index (κ3) is 3.51. The average Bonchev–Trinajstić information content (AvgIpc) is 3.70. The van der Waals surface area contributed by atoms with Crippen LogP contribution in [0.5, 0.6) is 0 Å². The molecule has 1 heteroatoms. The molecule has 0 unspecified atom stereocenters. The van der Waals surface area contributed by atoms with Crippen LogP contribution in [0, 0.1) is 0 Å². The molecule has 0 saturated heterocycles. The Morgan fingerprint density at radius 3 is 1.81 bits per heavy atom. The van der Waals surface area contributed by atoms with Crippen molar-refractivity contribution >= 4 is 64.9 Å². The fourth-order valence-electron chi connectivity index (χ4n) is 8.69. The van der Waals surface area contributed by atoms with Crippen molar-refractivity contribution in [2.75, 3.05) is 0 Å². The molecule has 0 spiro atoms. The molecule has 0 radical (unpaired) electrons. The highest BCUT2D eigenvalue weighted by Crippen LogP contribution is 2.45. The zero-order valence-corrected chi connectivity index (χ0v) is 26.2. The third-order valence-electron chi connectivity index (χ3n) is 10.8. The summed E-state index contributed by atoms with van der Waals surface area (Å²) in [5.41, 5.74) is 11.8. The summed E-state index contributed by atoms with van der Waals surface area (Å²) in [4.78, 5) is 0. The van der Waals surface area contributed by atoms with Crippen molar-refractivity contribution in [1.82, 2.24) is 4.57 Å². The maximum Gasteiger partial charge on any atom is 0.0547 e. The summed E-state index contributed by atoms with van der Waals surface area (Å²) in [5.74, 6) is 0. The molecule has 0 bridgehead atoms. The van der Waals surface area contributed by atoms with Gasteiger partial charge in [-0.25, -0.2) is 0 Å². The lowest BCUT2D eigenvalue weighted by Crippen LogP contribution is -1.95. The summed E-state index contributed by atoms with van der Waals surface area (Å²) in [5, 5.41) is 13.1. The molecule has 1 aliphatic rings. The summed E-state index contributed by atoms with van der Waals surface area (Å²) in [7, 11) is 0. The highest BCUT2D eigenvalue weighted by atomic mass is 15.0. The normalized spacial score (nSPS) is 12.5. The number of rotatable bonds is 2. The van der Waals surface area contributed by atoms with Crippen molar-refractivity contribution in [3.8, 4) is 27.9 Å². The smallest absolute Gasteiger partial charge is 0.0547 e. The highest BCUT2D eigenvalue weighted by molar-refractivity contribution is 6.26. The molecule has 1 nitrogen and oxygen atoms in total. The van der Waals surface area contributed by atoms with Crippen LogP contribution in [0.3, 0.4) is 0 Å². The van der Waals surface area contributed by atoms with E-state index >= 15 is 0 Å². The third-order valence-corrected chi connectivity index (χ3v) is 10.8. The summed E-state index contributed by atoms with van der Waals surface area (Å²) < 4.78 is 2.46. The minimum atomic E-state index is 0.940. The summed E-state index contributed by atoms with van der Waals surface area (Å²) in [6.07, 6.45) is 0.940. The molecule has 222 valence electrons.